The SMILES string of the molecule is CCCCCOc1c(Br)cc(C2C(C(=O)OC3CCCCC3)=C(C)Nc3nc(SCc4ccccc4Cl)nn32)cc1OCC. The van der Waals surface area contributed by atoms with Crippen molar-refractivity contribution in [2.75, 3.05) is 18.5 Å². The second kappa shape index (κ2) is 15.5. The maximum absolute atomic E-state index is 13.9. The molecule has 1 atom stereocenters. The highest BCUT2D eigenvalue weighted by Gasteiger charge is 2.37. The van der Waals surface area contributed by atoms with E-state index in [0.29, 0.717) is 57.9 Å². The number of ether oxygens (including phenoxy) is 3. The highest BCUT2D eigenvalue weighted by Crippen LogP contribution is 2.44. The number of fused-ring (bicyclic) bond motifs is 1. The molecule has 1 unspecified atom stereocenters. The van der Waals surface area contributed by atoms with Gasteiger partial charge in [0, 0.05) is 16.5 Å². The predicted octanol–water partition coefficient (Wildman–Crippen LogP) is 9.12. The molecule has 44 heavy (non-hydrogen) atoms. The lowest BCUT2D eigenvalue weighted by molar-refractivity contribution is -0.146. The number of thioether (sulfide) groups is 1. The summed E-state index contributed by atoms with van der Waals surface area (Å²) >= 11 is 11.6. The molecule has 2 heterocycles. The number of benzene rings is 2. The van der Waals surface area contributed by atoms with E-state index in [1.54, 1.807) is 4.68 Å². The van der Waals surface area contributed by atoms with Gasteiger partial charge in [0.25, 0.3) is 0 Å². The van der Waals surface area contributed by atoms with Crippen molar-refractivity contribution in [3.05, 3.63) is 68.3 Å². The zero-order chi connectivity index (χ0) is 31.1. The molecule has 1 saturated carbocycles. The Bertz CT molecular complexity index is 1490. The number of hydrogen-bond donors (Lipinski definition) is 1. The molecule has 2 aliphatic rings. The van der Waals surface area contributed by atoms with Gasteiger partial charge in [-0.25, -0.2) is 9.48 Å². The van der Waals surface area contributed by atoms with E-state index < -0.39 is 6.04 Å². The lowest BCUT2D eigenvalue weighted by atomic mass is 9.94. The fourth-order valence-electron chi connectivity index (χ4n) is 5.60. The van der Waals surface area contributed by atoms with E-state index in [0.717, 1.165) is 60.5 Å². The van der Waals surface area contributed by atoms with Crippen molar-refractivity contribution in [1.29, 1.82) is 0 Å². The van der Waals surface area contributed by atoms with Crippen LogP contribution in [0.15, 0.2) is 57.3 Å². The van der Waals surface area contributed by atoms with Crippen LogP contribution in [0.5, 0.6) is 11.5 Å². The van der Waals surface area contributed by atoms with Crippen molar-refractivity contribution in [1.82, 2.24) is 14.8 Å². The van der Waals surface area contributed by atoms with E-state index in [2.05, 4.69) is 28.2 Å². The van der Waals surface area contributed by atoms with Crippen LogP contribution in [-0.2, 0) is 15.3 Å². The van der Waals surface area contributed by atoms with Crippen LogP contribution in [0, 0.1) is 0 Å². The third kappa shape index (κ3) is 7.74. The first kappa shape index (κ1) is 32.7. The van der Waals surface area contributed by atoms with Gasteiger partial charge in [-0.05, 0) is 91.2 Å². The molecule has 8 nitrogen and oxygen atoms in total. The van der Waals surface area contributed by atoms with Gasteiger partial charge in [0.15, 0.2) is 11.5 Å². The zero-order valence-corrected chi connectivity index (χ0v) is 28.7. The van der Waals surface area contributed by atoms with Crippen LogP contribution in [0.4, 0.5) is 5.95 Å². The van der Waals surface area contributed by atoms with Crippen molar-refractivity contribution in [3.8, 4) is 11.5 Å². The van der Waals surface area contributed by atoms with Crippen molar-refractivity contribution in [2.45, 2.75) is 95.2 Å². The molecule has 1 aliphatic heterocycles. The average Bonchev–Trinajstić information content (AvgIpc) is 3.42. The molecule has 236 valence electrons. The number of rotatable bonds is 13. The van der Waals surface area contributed by atoms with Crippen molar-refractivity contribution >= 4 is 51.2 Å². The van der Waals surface area contributed by atoms with Gasteiger partial charge >= 0.3 is 5.97 Å². The Morgan fingerprint density at radius 1 is 1.14 bits per heavy atom. The van der Waals surface area contributed by atoms with E-state index in [-0.39, 0.29) is 12.1 Å². The molecule has 3 aromatic rings. The van der Waals surface area contributed by atoms with Gasteiger partial charge in [-0.15, -0.1) is 5.10 Å². The van der Waals surface area contributed by atoms with Gasteiger partial charge in [0.1, 0.15) is 12.1 Å². The van der Waals surface area contributed by atoms with E-state index in [4.69, 9.17) is 35.9 Å². The number of hydrogen-bond acceptors (Lipinski definition) is 8. The minimum absolute atomic E-state index is 0.0827. The molecule has 1 aromatic heterocycles. The number of carbonyl (C=O) groups is 1. The highest BCUT2D eigenvalue weighted by atomic mass is 79.9. The van der Waals surface area contributed by atoms with E-state index >= 15 is 0 Å². The molecule has 5 rings (SSSR count). The number of allylic oxidation sites excluding steroid dienone is 1. The van der Waals surface area contributed by atoms with Crippen molar-refractivity contribution < 1.29 is 19.0 Å². The number of carbonyl (C=O) groups excluding carboxylic acids is 1. The Hall–Kier alpha value is -2.69. The number of aromatic nitrogens is 3. The molecule has 0 radical (unpaired) electrons. The smallest absolute Gasteiger partial charge is 0.338 e. The minimum Gasteiger partial charge on any atom is -0.490 e. The molecular weight excluding hydrogens is 664 g/mol. The summed E-state index contributed by atoms with van der Waals surface area (Å²) in [5, 5.41) is 9.50. The van der Waals surface area contributed by atoms with Crippen LogP contribution in [0.3, 0.4) is 0 Å². The number of halogens is 2. The molecule has 0 spiro atoms. The quantitative estimate of drug-likeness (QED) is 0.107. The van der Waals surface area contributed by atoms with Gasteiger partial charge in [0.05, 0.1) is 23.3 Å². The summed E-state index contributed by atoms with van der Waals surface area (Å²) in [6, 6.07) is 11.1. The molecular formula is C33H40BrClN4O4S. The second-order valence-corrected chi connectivity index (χ2v) is 13.3. The molecule has 11 heteroatoms. The third-order valence-electron chi connectivity index (χ3n) is 7.84. The summed E-state index contributed by atoms with van der Waals surface area (Å²) in [5.41, 5.74) is 3.00. The number of unbranched alkanes of at least 4 members (excludes halogenated alkanes) is 2. The maximum Gasteiger partial charge on any atom is 0.338 e. The van der Waals surface area contributed by atoms with Crippen LogP contribution < -0.4 is 14.8 Å². The fourth-order valence-corrected chi connectivity index (χ4v) is 7.28. The average molecular weight is 704 g/mol. The molecule has 1 aliphatic carbocycles. The van der Waals surface area contributed by atoms with Crippen LogP contribution in [0.1, 0.15) is 89.3 Å². The first-order valence-corrected chi connectivity index (χ1v) is 17.7. The zero-order valence-electron chi connectivity index (χ0n) is 25.5. The van der Waals surface area contributed by atoms with Gasteiger partial charge in [-0.2, -0.15) is 4.98 Å². The lowest BCUT2D eigenvalue weighted by Gasteiger charge is -2.30. The Morgan fingerprint density at radius 2 is 1.93 bits per heavy atom. The number of esters is 1. The van der Waals surface area contributed by atoms with Crippen LogP contribution in [0.25, 0.3) is 0 Å². The summed E-state index contributed by atoms with van der Waals surface area (Å²) in [4.78, 5) is 18.7. The maximum atomic E-state index is 13.9. The molecule has 0 bridgehead atoms. The monoisotopic (exact) mass is 702 g/mol. The summed E-state index contributed by atoms with van der Waals surface area (Å²) in [5.74, 6) is 2.09. The Morgan fingerprint density at radius 3 is 2.68 bits per heavy atom. The topological polar surface area (TPSA) is 87.5 Å². The van der Waals surface area contributed by atoms with E-state index in [1.165, 1.54) is 18.2 Å². The molecule has 1 fully saturated rings. The molecule has 0 saturated heterocycles. The van der Waals surface area contributed by atoms with Gasteiger partial charge in [-0.1, -0.05) is 67.7 Å². The van der Waals surface area contributed by atoms with E-state index in [1.807, 2.05) is 50.2 Å². The van der Waals surface area contributed by atoms with Crippen molar-refractivity contribution in [2.24, 2.45) is 0 Å². The second-order valence-electron chi connectivity index (χ2n) is 11.1. The van der Waals surface area contributed by atoms with E-state index in [9.17, 15) is 4.79 Å². The first-order valence-electron chi connectivity index (χ1n) is 15.5. The van der Waals surface area contributed by atoms with Crippen LogP contribution >= 0.6 is 39.3 Å². The number of nitrogens with one attached hydrogen (secondary N) is 1. The van der Waals surface area contributed by atoms with Crippen LogP contribution in [-0.4, -0.2) is 40.1 Å². The van der Waals surface area contributed by atoms with Crippen LogP contribution in [0.2, 0.25) is 5.02 Å². The molecule has 0 amide bonds. The summed E-state index contributed by atoms with van der Waals surface area (Å²) < 4.78 is 20.9. The van der Waals surface area contributed by atoms with Gasteiger partial charge in [0.2, 0.25) is 11.1 Å². The predicted molar refractivity (Wildman–Crippen MR) is 179 cm³/mol. The number of anilines is 1. The Kier molecular flexibility index (Phi) is 11.5. The molecule has 2 aromatic carbocycles. The standard InChI is InChI=1S/C33H40BrClN4O4S/c1-4-6-12-17-42-30-25(34)18-23(19-27(30)41-5-2)29-28(31(40)43-24-14-8-7-9-15-24)21(3)36-32-37-33(38-39(29)32)44-20-22-13-10-11-16-26(22)35/h10-11,13,16,18-19,24,29H,4-9,12,14-15,17,20H2,1-3H3,(H,36,37,38). The summed E-state index contributed by atoms with van der Waals surface area (Å²) in [6.07, 6.45) is 8.18. The Labute approximate surface area is 277 Å². The normalized spacial score (nSPS) is 16.8. The fraction of sp³-hybridized carbons (Fsp3) is 0.485. The van der Waals surface area contributed by atoms with Gasteiger partial charge < -0.3 is 19.5 Å². The lowest BCUT2D eigenvalue weighted by Crippen LogP contribution is -2.32. The van der Waals surface area contributed by atoms with Gasteiger partial charge in [-0.3, -0.25) is 0 Å². The Balaban J connectivity index is 1.51. The number of nitrogens with zero attached hydrogens (tertiary/aromatic N) is 3. The summed E-state index contributed by atoms with van der Waals surface area (Å²) in [7, 11) is 0. The highest BCUT2D eigenvalue weighted by molar-refractivity contribution is 9.10. The largest absolute Gasteiger partial charge is 0.490 e. The third-order valence-corrected chi connectivity index (χ3v) is 9.68. The first-order chi connectivity index (χ1) is 21.4. The van der Waals surface area contributed by atoms with Crippen molar-refractivity contribution in [3.63, 3.8) is 0 Å². The molecule has 1 N–H and O–H groups in total. The minimum atomic E-state index is -0.589. The summed E-state index contributed by atoms with van der Waals surface area (Å²) in [6.45, 7) is 7.07.